The number of allylic oxidation sites excluding steroid dienone is 2. The van der Waals surface area contributed by atoms with Crippen LogP contribution < -0.4 is 0 Å². The summed E-state index contributed by atoms with van der Waals surface area (Å²) in [5.41, 5.74) is 1.13. The third-order valence-corrected chi connectivity index (χ3v) is 3.10. The monoisotopic (exact) mass is 292 g/mol. The molecule has 4 nitrogen and oxygen atoms in total. The van der Waals surface area contributed by atoms with Crippen molar-refractivity contribution in [2.75, 3.05) is 7.11 Å². The predicted molar refractivity (Wildman–Crippen MR) is 74.9 cm³/mol. The Morgan fingerprint density at radius 3 is 2.50 bits per heavy atom. The van der Waals surface area contributed by atoms with Crippen LogP contribution in [0, 0.1) is 0 Å². The number of hydrogen-bond acceptors (Lipinski definition) is 4. The quantitative estimate of drug-likeness (QED) is 0.631. The zero-order valence-corrected chi connectivity index (χ0v) is 11.6. The zero-order chi connectivity index (χ0) is 14.5. The summed E-state index contributed by atoms with van der Waals surface area (Å²) in [5, 5.41) is 0.584. The van der Waals surface area contributed by atoms with Crippen molar-refractivity contribution in [3.05, 3.63) is 58.7 Å². The van der Waals surface area contributed by atoms with E-state index in [1.54, 1.807) is 42.5 Å². The number of Topliss-reactive ketones (excluding diaryl/α,β-unsaturated/α-hetero) is 1. The van der Waals surface area contributed by atoms with E-state index >= 15 is 0 Å². The Morgan fingerprint density at radius 2 is 1.95 bits per heavy atom. The van der Waals surface area contributed by atoms with E-state index < -0.39 is 12.3 Å². The molecule has 0 fully saturated rings. The first-order chi connectivity index (χ1) is 9.60. The molecule has 0 aromatic heterocycles. The van der Waals surface area contributed by atoms with Crippen molar-refractivity contribution in [2.24, 2.45) is 0 Å². The van der Waals surface area contributed by atoms with Crippen LogP contribution in [0.2, 0.25) is 5.02 Å². The molecule has 0 radical (unpaired) electrons. The fourth-order valence-electron chi connectivity index (χ4n) is 1.80. The van der Waals surface area contributed by atoms with Crippen LogP contribution in [0.15, 0.2) is 48.1 Å². The molecule has 0 heterocycles. The van der Waals surface area contributed by atoms with Gasteiger partial charge in [-0.3, -0.25) is 4.79 Å². The van der Waals surface area contributed by atoms with Crippen LogP contribution in [0.4, 0.5) is 4.79 Å². The average molecular weight is 293 g/mol. The molecule has 0 bridgehead atoms. The SMILES string of the molecule is COC(=O)OC1C=CC(C(=O)c2ccc(Cl)cc2)=CC1. The first-order valence-corrected chi connectivity index (χ1v) is 6.41. The molecule has 0 aliphatic heterocycles. The summed E-state index contributed by atoms with van der Waals surface area (Å²) in [6.07, 6.45) is 4.36. The minimum Gasteiger partial charge on any atom is -0.438 e. The van der Waals surface area contributed by atoms with Gasteiger partial charge in [-0.25, -0.2) is 4.79 Å². The molecule has 1 aromatic rings. The molecule has 0 spiro atoms. The highest BCUT2D eigenvalue weighted by Gasteiger charge is 2.17. The minimum absolute atomic E-state index is 0.0885. The van der Waals surface area contributed by atoms with E-state index in [9.17, 15) is 9.59 Å². The average Bonchev–Trinajstić information content (AvgIpc) is 2.48. The van der Waals surface area contributed by atoms with Crippen LogP contribution >= 0.6 is 11.6 Å². The number of ketones is 1. The summed E-state index contributed by atoms with van der Waals surface area (Å²) in [7, 11) is 1.25. The highest BCUT2D eigenvalue weighted by molar-refractivity contribution is 6.30. The lowest BCUT2D eigenvalue weighted by Gasteiger charge is -2.15. The van der Waals surface area contributed by atoms with Crippen molar-refractivity contribution >= 4 is 23.5 Å². The van der Waals surface area contributed by atoms with Gasteiger partial charge < -0.3 is 9.47 Å². The van der Waals surface area contributed by atoms with Crippen LogP contribution in [0.5, 0.6) is 0 Å². The molecule has 1 unspecified atom stereocenters. The number of carbonyl (C=O) groups excluding carboxylic acids is 2. The molecule has 1 aliphatic carbocycles. The molecule has 0 N–H and O–H groups in total. The smallest absolute Gasteiger partial charge is 0.438 e. The molecular weight excluding hydrogens is 280 g/mol. The molecule has 2 rings (SSSR count). The molecule has 20 heavy (non-hydrogen) atoms. The topological polar surface area (TPSA) is 52.6 Å². The van der Waals surface area contributed by atoms with Gasteiger partial charge in [-0.15, -0.1) is 0 Å². The van der Waals surface area contributed by atoms with Crippen molar-refractivity contribution in [3.8, 4) is 0 Å². The van der Waals surface area contributed by atoms with Crippen molar-refractivity contribution in [1.82, 2.24) is 0 Å². The lowest BCUT2D eigenvalue weighted by atomic mass is 9.97. The summed E-state index contributed by atoms with van der Waals surface area (Å²) >= 11 is 5.78. The zero-order valence-electron chi connectivity index (χ0n) is 10.8. The number of hydrogen-bond donors (Lipinski definition) is 0. The number of rotatable bonds is 3. The lowest BCUT2D eigenvalue weighted by molar-refractivity contribution is 0.0530. The Kier molecular flexibility index (Phi) is 4.58. The Bertz CT molecular complexity index is 572. The molecule has 0 saturated heterocycles. The molecule has 0 saturated carbocycles. The summed E-state index contributed by atoms with van der Waals surface area (Å²) < 4.78 is 9.38. The third kappa shape index (κ3) is 3.48. The van der Waals surface area contributed by atoms with Gasteiger partial charge in [0.15, 0.2) is 5.78 Å². The van der Waals surface area contributed by atoms with Gasteiger partial charge in [0.2, 0.25) is 0 Å². The van der Waals surface area contributed by atoms with E-state index in [-0.39, 0.29) is 5.78 Å². The second-order valence-corrected chi connectivity index (χ2v) is 4.64. The molecule has 1 atom stereocenters. The molecule has 5 heteroatoms. The van der Waals surface area contributed by atoms with E-state index in [0.717, 1.165) is 0 Å². The van der Waals surface area contributed by atoms with Crippen molar-refractivity contribution in [3.63, 3.8) is 0 Å². The van der Waals surface area contributed by atoms with Gasteiger partial charge in [0.05, 0.1) is 7.11 Å². The van der Waals surface area contributed by atoms with Gasteiger partial charge in [-0.2, -0.15) is 0 Å². The van der Waals surface area contributed by atoms with Crippen molar-refractivity contribution < 1.29 is 19.1 Å². The normalized spacial score (nSPS) is 17.3. The first-order valence-electron chi connectivity index (χ1n) is 6.03. The highest BCUT2D eigenvalue weighted by atomic mass is 35.5. The Morgan fingerprint density at radius 1 is 1.25 bits per heavy atom. The maximum absolute atomic E-state index is 12.2. The molecule has 0 amide bonds. The fourth-order valence-corrected chi connectivity index (χ4v) is 1.92. The third-order valence-electron chi connectivity index (χ3n) is 2.84. The number of carbonyl (C=O) groups is 2. The number of ether oxygens (including phenoxy) is 2. The summed E-state index contributed by atoms with van der Waals surface area (Å²) in [5.74, 6) is -0.0885. The summed E-state index contributed by atoms with van der Waals surface area (Å²) in [4.78, 5) is 23.2. The van der Waals surface area contributed by atoms with Gasteiger partial charge in [-0.1, -0.05) is 23.8 Å². The molecule has 104 valence electrons. The Balaban J connectivity index is 2.02. The Hall–Kier alpha value is -2.07. The fraction of sp³-hybridized carbons (Fsp3) is 0.200. The van der Waals surface area contributed by atoms with Crippen molar-refractivity contribution in [1.29, 1.82) is 0 Å². The highest BCUT2D eigenvalue weighted by Crippen LogP contribution is 2.19. The standard InChI is InChI=1S/C15H13ClO4/c1-19-15(18)20-13-8-4-11(5-9-13)14(17)10-2-6-12(16)7-3-10/h2-8,13H,9H2,1H3. The number of halogens is 1. The largest absolute Gasteiger partial charge is 0.508 e. The van der Waals surface area contributed by atoms with Gasteiger partial charge in [0.1, 0.15) is 6.10 Å². The van der Waals surface area contributed by atoms with E-state index in [1.165, 1.54) is 7.11 Å². The van der Waals surface area contributed by atoms with Crippen LogP contribution in [-0.2, 0) is 9.47 Å². The van der Waals surface area contributed by atoms with E-state index in [4.69, 9.17) is 16.3 Å². The second-order valence-electron chi connectivity index (χ2n) is 4.20. The van der Waals surface area contributed by atoms with E-state index in [2.05, 4.69) is 4.74 Å². The summed E-state index contributed by atoms with van der Waals surface area (Å²) in [6.45, 7) is 0. The first kappa shape index (κ1) is 14.3. The number of methoxy groups -OCH3 is 1. The van der Waals surface area contributed by atoms with Crippen LogP contribution in [0.1, 0.15) is 16.8 Å². The number of benzene rings is 1. The summed E-state index contributed by atoms with van der Waals surface area (Å²) in [6, 6.07) is 6.70. The van der Waals surface area contributed by atoms with Crippen molar-refractivity contribution in [2.45, 2.75) is 12.5 Å². The van der Waals surface area contributed by atoms with Gasteiger partial charge >= 0.3 is 6.16 Å². The molecule has 1 aromatic carbocycles. The van der Waals surface area contributed by atoms with Gasteiger partial charge in [0.25, 0.3) is 0 Å². The Labute approximate surface area is 121 Å². The van der Waals surface area contributed by atoms with Crippen LogP contribution in [0.3, 0.4) is 0 Å². The predicted octanol–water partition coefficient (Wildman–Crippen LogP) is 3.56. The lowest BCUT2D eigenvalue weighted by Crippen LogP contribution is -2.18. The molecular formula is C15H13ClO4. The van der Waals surface area contributed by atoms with Crippen LogP contribution in [-0.4, -0.2) is 25.2 Å². The maximum atomic E-state index is 12.2. The minimum atomic E-state index is -0.736. The van der Waals surface area contributed by atoms with Gasteiger partial charge in [0, 0.05) is 22.6 Å². The van der Waals surface area contributed by atoms with Gasteiger partial charge in [-0.05, 0) is 30.3 Å². The van der Waals surface area contributed by atoms with Crippen LogP contribution in [0.25, 0.3) is 0 Å². The second kappa shape index (κ2) is 6.39. The molecule has 1 aliphatic rings. The van der Waals surface area contributed by atoms with E-state index in [0.29, 0.717) is 22.6 Å². The van der Waals surface area contributed by atoms with E-state index in [1.807, 2.05) is 0 Å². The maximum Gasteiger partial charge on any atom is 0.508 e.